The predicted octanol–water partition coefficient (Wildman–Crippen LogP) is 1.75. The first-order valence-corrected chi connectivity index (χ1v) is 7.55. The first kappa shape index (κ1) is 14.8. The molecule has 2 N–H and O–H groups in total. The van der Waals surface area contributed by atoms with Gasteiger partial charge in [-0.15, -0.1) is 11.3 Å². The van der Waals surface area contributed by atoms with Crippen molar-refractivity contribution in [3.8, 4) is 0 Å². The van der Waals surface area contributed by atoms with Gasteiger partial charge in [0, 0.05) is 36.6 Å². The van der Waals surface area contributed by atoms with Crippen LogP contribution in [0, 0.1) is 5.92 Å². The third-order valence-electron chi connectivity index (χ3n) is 3.77. The Balaban J connectivity index is 1.85. The van der Waals surface area contributed by atoms with Crippen molar-refractivity contribution in [2.45, 2.75) is 32.2 Å². The number of nitrogens with zero attached hydrogens (tertiary/aromatic N) is 2. The number of likely N-dealkylation sites (tertiary alicyclic amines) is 1. The van der Waals surface area contributed by atoms with Gasteiger partial charge in [0.15, 0.2) is 0 Å². The second-order valence-electron chi connectivity index (χ2n) is 5.12. The van der Waals surface area contributed by atoms with Crippen LogP contribution >= 0.6 is 11.3 Å². The standard InChI is InChI=1S/C13H19N3O3S/c1-8(11-14-4-6-20-11)7-15-13(19)16-5-3-10(9(16)2)12(17)18/h4,6,8-10H,3,5,7H2,1-2H3,(H,15,19)(H,17,18). The zero-order valence-electron chi connectivity index (χ0n) is 11.6. The van der Waals surface area contributed by atoms with E-state index in [4.69, 9.17) is 5.11 Å². The monoisotopic (exact) mass is 297 g/mol. The fraction of sp³-hybridized carbons (Fsp3) is 0.615. The van der Waals surface area contributed by atoms with E-state index in [2.05, 4.69) is 10.3 Å². The molecule has 1 aromatic heterocycles. The molecule has 2 rings (SSSR count). The maximum Gasteiger partial charge on any atom is 0.317 e. The molecule has 20 heavy (non-hydrogen) atoms. The number of amides is 2. The SMILES string of the molecule is CC(CNC(=O)N1CCC(C(=O)O)C1C)c1nccs1. The average Bonchev–Trinajstić information content (AvgIpc) is 3.04. The molecule has 3 atom stereocenters. The zero-order chi connectivity index (χ0) is 14.7. The van der Waals surface area contributed by atoms with Crippen molar-refractivity contribution < 1.29 is 14.7 Å². The molecule has 1 fully saturated rings. The number of aromatic nitrogens is 1. The summed E-state index contributed by atoms with van der Waals surface area (Å²) in [5, 5.41) is 14.8. The first-order chi connectivity index (χ1) is 9.50. The van der Waals surface area contributed by atoms with E-state index in [1.165, 1.54) is 0 Å². The summed E-state index contributed by atoms with van der Waals surface area (Å²) in [6.45, 7) is 4.80. The molecule has 110 valence electrons. The lowest BCUT2D eigenvalue weighted by atomic mass is 10.0. The number of carboxylic acids is 1. The van der Waals surface area contributed by atoms with Gasteiger partial charge in [-0.2, -0.15) is 0 Å². The molecule has 1 saturated heterocycles. The Morgan fingerprint density at radius 1 is 1.65 bits per heavy atom. The molecule has 0 aromatic carbocycles. The molecule has 2 amide bonds. The van der Waals surface area contributed by atoms with Gasteiger partial charge in [-0.25, -0.2) is 9.78 Å². The van der Waals surface area contributed by atoms with E-state index in [1.807, 2.05) is 12.3 Å². The van der Waals surface area contributed by atoms with E-state index in [9.17, 15) is 9.59 Å². The fourth-order valence-electron chi connectivity index (χ4n) is 2.46. The number of aliphatic carboxylic acids is 1. The minimum Gasteiger partial charge on any atom is -0.481 e. The summed E-state index contributed by atoms with van der Waals surface area (Å²) in [7, 11) is 0. The highest BCUT2D eigenvalue weighted by atomic mass is 32.1. The molecule has 0 bridgehead atoms. The summed E-state index contributed by atoms with van der Waals surface area (Å²) in [5.41, 5.74) is 0. The highest BCUT2D eigenvalue weighted by molar-refractivity contribution is 7.09. The van der Waals surface area contributed by atoms with Crippen LogP contribution in [-0.2, 0) is 4.79 Å². The molecule has 0 spiro atoms. The number of hydrogen-bond acceptors (Lipinski definition) is 4. The number of thiazole rings is 1. The maximum atomic E-state index is 12.1. The molecule has 7 heteroatoms. The molecule has 3 unspecified atom stereocenters. The van der Waals surface area contributed by atoms with E-state index in [-0.39, 0.29) is 18.0 Å². The topological polar surface area (TPSA) is 82.5 Å². The summed E-state index contributed by atoms with van der Waals surface area (Å²) >= 11 is 1.57. The lowest BCUT2D eigenvalue weighted by Crippen LogP contribution is -2.44. The molecule has 6 nitrogen and oxygen atoms in total. The van der Waals surface area contributed by atoms with Gasteiger partial charge in [0.05, 0.1) is 10.9 Å². The smallest absolute Gasteiger partial charge is 0.317 e. The van der Waals surface area contributed by atoms with Gasteiger partial charge in [-0.3, -0.25) is 4.79 Å². The number of rotatable bonds is 4. The van der Waals surface area contributed by atoms with Crippen LogP contribution in [-0.4, -0.2) is 46.1 Å². The van der Waals surface area contributed by atoms with Crippen LogP contribution < -0.4 is 5.32 Å². The second kappa shape index (κ2) is 6.21. The molecular weight excluding hydrogens is 278 g/mol. The van der Waals surface area contributed by atoms with Crippen molar-refractivity contribution in [2.75, 3.05) is 13.1 Å². The maximum absolute atomic E-state index is 12.1. The Kier molecular flexibility index (Phi) is 4.59. The molecule has 1 aliphatic heterocycles. The Morgan fingerprint density at radius 2 is 2.40 bits per heavy atom. The van der Waals surface area contributed by atoms with Crippen molar-refractivity contribution >= 4 is 23.3 Å². The third-order valence-corrected chi connectivity index (χ3v) is 4.77. The summed E-state index contributed by atoms with van der Waals surface area (Å²) < 4.78 is 0. The Labute approximate surface area is 121 Å². The van der Waals surface area contributed by atoms with Crippen molar-refractivity contribution in [2.24, 2.45) is 5.92 Å². The van der Waals surface area contributed by atoms with Gasteiger partial charge in [0.25, 0.3) is 0 Å². The number of nitrogens with one attached hydrogen (secondary N) is 1. The summed E-state index contributed by atoms with van der Waals surface area (Å²) in [5.74, 6) is -1.13. The highest BCUT2D eigenvalue weighted by Gasteiger charge is 2.38. The van der Waals surface area contributed by atoms with Gasteiger partial charge in [-0.05, 0) is 13.3 Å². The number of carboxylic acid groups (broad SMARTS) is 1. The van der Waals surface area contributed by atoms with Crippen LogP contribution in [0.3, 0.4) is 0 Å². The van der Waals surface area contributed by atoms with Crippen LogP contribution in [0.2, 0.25) is 0 Å². The number of urea groups is 1. The molecule has 0 radical (unpaired) electrons. The third kappa shape index (κ3) is 3.09. The average molecular weight is 297 g/mol. The zero-order valence-corrected chi connectivity index (χ0v) is 12.4. The molecule has 2 heterocycles. The lowest BCUT2D eigenvalue weighted by molar-refractivity contribution is -0.142. The Morgan fingerprint density at radius 3 is 2.95 bits per heavy atom. The van der Waals surface area contributed by atoms with Crippen molar-refractivity contribution in [3.05, 3.63) is 16.6 Å². The van der Waals surface area contributed by atoms with Crippen LogP contribution in [0.4, 0.5) is 4.79 Å². The molecule has 1 aliphatic rings. The highest BCUT2D eigenvalue weighted by Crippen LogP contribution is 2.24. The normalized spacial score (nSPS) is 23.6. The summed E-state index contributed by atoms with van der Waals surface area (Å²) in [6.07, 6.45) is 2.27. The van der Waals surface area contributed by atoms with Crippen molar-refractivity contribution in [1.29, 1.82) is 0 Å². The van der Waals surface area contributed by atoms with E-state index in [1.54, 1.807) is 29.4 Å². The van der Waals surface area contributed by atoms with Crippen molar-refractivity contribution in [3.63, 3.8) is 0 Å². The predicted molar refractivity (Wildman–Crippen MR) is 75.8 cm³/mol. The van der Waals surface area contributed by atoms with E-state index < -0.39 is 11.9 Å². The molecule has 1 aromatic rings. The lowest BCUT2D eigenvalue weighted by Gasteiger charge is -2.24. The van der Waals surface area contributed by atoms with E-state index >= 15 is 0 Å². The van der Waals surface area contributed by atoms with Crippen LogP contribution in [0.1, 0.15) is 31.2 Å². The van der Waals surface area contributed by atoms with Gasteiger partial charge < -0.3 is 15.3 Å². The van der Waals surface area contributed by atoms with Crippen molar-refractivity contribution in [1.82, 2.24) is 15.2 Å². The summed E-state index contributed by atoms with van der Waals surface area (Å²) in [4.78, 5) is 29.0. The minimum atomic E-state index is -0.830. The molecular formula is C13H19N3O3S. The van der Waals surface area contributed by atoms with Gasteiger partial charge in [0.1, 0.15) is 0 Å². The number of hydrogen-bond donors (Lipinski definition) is 2. The quantitative estimate of drug-likeness (QED) is 0.887. The van der Waals surface area contributed by atoms with Gasteiger partial charge >= 0.3 is 12.0 Å². The van der Waals surface area contributed by atoms with E-state index in [0.29, 0.717) is 19.5 Å². The Bertz CT molecular complexity index is 477. The van der Waals surface area contributed by atoms with E-state index in [0.717, 1.165) is 5.01 Å². The van der Waals surface area contributed by atoms with Crippen LogP contribution in [0.5, 0.6) is 0 Å². The number of carbonyl (C=O) groups is 2. The van der Waals surface area contributed by atoms with Gasteiger partial charge in [-0.1, -0.05) is 6.92 Å². The first-order valence-electron chi connectivity index (χ1n) is 6.67. The van der Waals surface area contributed by atoms with Crippen LogP contribution in [0.25, 0.3) is 0 Å². The molecule has 0 aliphatic carbocycles. The second-order valence-corrected chi connectivity index (χ2v) is 6.05. The number of carbonyl (C=O) groups excluding carboxylic acids is 1. The molecule has 0 saturated carbocycles. The Hall–Kier alpha value is -1.63. The summed E-state index contributed by atoms with van der Waals surface area (Å²) in [6, 6.07) is -0.452. The van der Waals surface area contributed by atoms with Gasteiger partial charge in [0.2, 0.25) is 0 Å². The minimum absolute atomic E-state index is 0.159. The fourth-order valence-corrected chi connectivity index (χ4v) is 3.16. The largest absolute Gasteiger partial charge is 0.481 e. The van der Waals surface area contributed by atoms with Crippen LogP contribution in [0.15, 0.2) is 11.6 Å².